The van der Waals surface area contributed by atoms with Crippen molar-refractivity contribution in [3.63, 3.8) is 0 Å². The van der Waals surface area contributed by atoms with Crippen molar-refractivity contribution < 1.29 is 26.7 Å². The maximum absolute atomic E-state index is 14.0. The summed E-state index contributed by atoms with van der Waals surface area (Å²) in [6.45, 7) is 0. The van der Waals surface area contributed by atoms with Crippen LogP contribution in [0.25, 0.3) is 0 Å². The molecule has 0 aromatic heterocycles. The molecule has 0 bridgehead atoms. The highest BCUT2D eigenvalue weighted by atomic mass is 79.9. The normalized spacial score (nSPS) is 12.4. The number of ether oxygens (including phenoxy) is 1. The van der Waals surface area contributed by atoms with Crippen molar-refractivity contribution in [2.75, 3.05) is 5.88 Å². The maximum Gasteiger partial charge on any atom is 0.416 e. The van der Waals surface area contributed by atoms with E-state index in [-0.39, 0.29) is 40.3 Å². The summed E-state index contributed by atoms with van der Waals surface area (Å²) in [4.78, 5) is 3.91. The first-order chi connectivity index (χ1) is 12.0. The Kier molecular flexibility index (Phi) is 6.36. The van der Waals surface area contributed by atoms with Crippen LogP contribution in [0.5, 0.6) is 11.5 Å². The zero-order valence-corrected chi connectivity index (χ0v) is 15.6. The fraction of sp³-hybridized carbons (Fsp3) is 0.133. The Morgan fingerprint density at radius 2 is 1.69 bits per heavy atom. The molecule has 0 amide bonds. The van der Waals surface area contributed by atoms with Gasteiger partial charge in [0.05, 0.1) is 16.5 Å². The number of benzene rings is 2. The Labute approximate surface area is 162 Å². The van der Waals surface area contributed by atoms with E-state index < -0.39 is 29.1 Å². The van der Waals surface area contributed by atoms with Gasteiger partial charge in [0.2, 0.25) is 0 Å². The van der Waals surface area contributed by atoms with Gasteiger partial charge in [-0.3, -0.25) is 0 Å². The lowest BCUT2D eigenvalue weighted by Gasteiger charge is -2.14. The summed E-state index contributed by atoms with van der Waals surface area (Å²) in [5.41, 5.74) is 4.01. The van der Waals surface area contributed by atoms with E-state index in [0.717, 1.165) is 0 Å². The minimum Gasteiger partial charge on any atom is -0.447 e. The predicted molar refractivity (Wildman–Crippen MR) is 92.6 cm³/mol. The van der Waals surface area contributed by atoms with Gasteiger partial charge < -0.3 is 10.5 Å². The van der Waals surface area contributed by atoms with Crippen LogP contribution in [0, 0.1) is 11.6 Å². The minimum absolute atomic E-state index is 0.0266. The van der Waals surface area contributed by atoms with Gasteiger partial charge in [0.25, 0.3) is 0 Å². The Morgan fingerprint density at radius 3 is 2.19 bits per heavy atom. The first-order valence-electron chi connectivity index (χ1n) is 6.65. The van der Waals surface area contributed by atoms with Crippen molar-refractivity contribution in [3.8, 4) is 11.5 Å². The van der Waals surface area contributed by atoms with Gasteiger partial charge in [-0.1, -0.05) is 27.5 Å². The molecule has 0 saturated heterocycles. The standard InChI is InChI=1S/C15H8BrCl2F5N2O/c16-7-3-8(18)13(11(4-7)25-12(24)5-17)26-14-9(19)1-6(2-10(14)20)15(21,22)23/h1-4H,5H2,(H2,24,25). The zero-order valence-electron chi connectivity index (χ0n) is 12.5. The van der Waals surface area contributed by atoms with E-state index in [9.17, 15) is 22.0 Å². The van der Waals surface area contributed by atoms with Crippen molar-refractivity contribution in [1.82, 2.24) is 0 Å². The van der Waals surface area contributed by atoms with Gasteiger partial charge in [0.15, 0.2) is 23.1 Å². The molecule has 0 unspecified atom stereocenters. The molecule has 3 nitrogen and oxygen atoms in total. The summed E-state index contributed by atoms with van der Waals surface area (Å²) in [5, 5.41) is -0.112. The molecule has 0 atom stereocenters. The number of alkyl halides is 4. The number of aliphatic imine (C=N–C) groups is 1. The minimum atomic E-state index is -4.92. The molecule has 2 aromatic carbocycles. The van der Waals surface area contributed by atoms with Crippen molar-refractivity contribution in [1.29, 1.82) is 0 Å². The Hall–Kier alpha value is -1.58. The quantitative estimate of drug-likeness (QED) is 0.239. The SMILES string of the molecule is NC(CCl)=Nc1cc(Br)cc(Cl)c1Oc1c(F)cc(C(F)(F)F)cc1F. The smallest absolute Gasteiger partial charge is 0.416 e. The van der Waals surface area contributed by atoms with Crippen LogP contribution in [0.4, 0.5) is 27.6 Å². The lowest BCUT2D eigenvalue weighted by atomic mass is 10.2. The van der Waals surface area contributed by atoms with Crippen LogP contribution in [0.1, 0.15) is 5.56 Å². The van der Waals surface area contributed by atoms with Crippen molar-refractivity contribution in [2.24, 2.45) is 10.7 Å². The summed E-state index contributed by atoms with van der Waals surface area (Å²) in [7, 11) is 0. The van der Waals surface area contributed by atoms with E-state index in [0.29, 0.717) is 4.47 Å². The number of hydrogen-bond acceptors (Lipinski definition) is 2. The summed E-state index contributed by atoms with van der Waals surface area (Å²) < 4.78 is 71.4. The first kappa shape index (κ1) is 20.7. The van der Waals surface area contributed by atoms with Crippen LogP contribution in [0.2, 0.25) is 5.02 Å². The lowest BCUT2D eigenvalue weighted by molar-refractivity contribution is -0.138. The number of halogens is 8. The van der Waals surface area contributed by atoms with Crippen molar-refractivity contribution >= 4 is 50.7 Å². The first-order valence-corrected chi connectivity index (χ1v) is 8.35. The van der Waals surface area contributed by atoms with Gasteiger partial charge in [0, 0.05) is 4.47 Å². The molecule has 0 heterocycles. The number of hydrogen-bond donors (Lipinski definition) is 1. The third-order valence-electron chi connectivity index (χ3n) is 2.92. The molecule has 0 aliphatic carbocycles. The number of nitrogens with two attached hydrogens (primary N) is 1. The van der Waals surface area contributed by atoms with Gasteiger partial charge >= 0.3 is 6.18 Å². The molecular formula is C15H8BrCl2F5N2O. The van der Waals surface area contributed by atoms with E-state index in [2.05, 4.69) is 20.9 Å². The highest BCUT2D eigenvalue weighted by Gasteiger charge is 2.33. The fourth-order valence-corrected chi connectivity index (χ4v) is 2.73. The van der Waals surface area contributed by atoms with Crippen molar-refractivity contribution in [3.05, 3.63) is 51.0 Å². The molecule has 26 heavy (non-hydrogen) atoms. The Bertz CT molecular complexity index is 851. The van der Waals surface area contributed by atoms with E-state index in [4.69, 9.17) is 33.7 Å². The summed E-state index contributed by atoms with van der Waals surface area (Å²) in [6, 6.07) is 2.94. The molecule has 11 heteroatoms. The van der Waals surface area contributed by atoms with Crippen LogP contribution in [0.3, 0.4) is 0 Å². The monoisotopic (exact) mass is 476 g/mol. The lowest BCUT2D eigenvalue weighted by Crippen LogP contribution is -2.12. The van der Waals surface area contributed by atoms with E-state index in [1.807, 2.05) is 0 Å². The number of rotatable bonds is 4. The molecule has 2 aromatic rings. The third kappa shape index (κ3) is 4.77. The van der Waals surface area contributed by atoms with E-state index >= 15 is 0 Å². The van der Waals surface area contributed by atoms with Gasteiger partial charge in [0.1, 0.15) is 11.5 Å². The van der Waals surface area contributed by atoms with E-state index in [1.165, 1.54) is 12.1 Å². The van der Waals surface area contributed by atoms with Gasteiger partial charge in [-0.2, -0.15) is 13.2 Å². The third-order valence-corrected chi connectivity index (χ3v) is 3.93. The molecule has 140 valence electrons. The number of nitrogens with zero attached hydrogens (tertiary/aromatic N) is 1. The van der Waals surface area contributed by atoms with Crippen LogP contribution in [-0.2, 0) is 6.18 Å². The highest BCUT2D eigenvalue weighted by molar-refractivity contribution is 9.10. The molecule has 0 saturated carbocycles. The van der Waals surface area contributed by atoms with E-state index in [1.54, 1.807) is 0 Å². The topological polar surface area (TPSA) is 47.6 Å². The van der Waals surface area contributed by atoms with Crippen LogP contribution < -0.4 is 10.5 Å². The average molecular weight is 478 g/mol. The largest absolute Gasteiger partial charge is 0.447 e. The second kappa shape index (κ2) is 7.98. The molecular weight excluding hydrogens is 470 g/mol. The molecule has 2 rings (SSSR count). The number of amidine groups is 1. The molecule has 2 N–H and O–H groups in total. The summed E-state index contributed by atoms with van der Waals surface area (Å²) >= 11 is 14.7. The molecule has 0 spiro atoms. The molecule has 0 radical (unpaired) electrons. The van der Waals surface area contributed by atoms with Crippen LogP contribution in [0.15, 0.2) is 33.7 Å². The second-order valence-electron chi connectivity index (χ2n) is 4.84. The predicted octanol–water partition coefficient (Wildman–Crippen LogP) is 6.42. The van der Waals surface area contributed by atoms with Gasteiger partial charge in [-0.15, -0.1) is 11.6 Å². The zero-order chi connectivity index (χ0) is 19.6. The average Bonchev–Trinajstić information content (AvgIpc) is 2.51. The second-order valence-corrected chi connectivity index (χ2v) is 6.43. The summed E-state index contributed by atoms with van der Waals surface area (Å²) in [5.74, 6) is -4.68. The van der Waals surface area contributed by atoms with Crippen molar-refractivity contribution in [2.45, 2.75) is 6.18 Å². The fourth-order valence-electron chi connectivity index (χ4n) is 1.84. The van der Waals surface area contributed by atoms with Gasteiger partial charge in [-0.05, 0) is 24.3 Å². The molecule has 0 fully saturated rings. The Morgan fingerprint density at radius 1 is 1.12 bits per heavy atom. The highest BCUT2D eigenvalue weighted by Crippen LogP contribution is 2.43. The molecule has 0 aliphatic rings. The van der Waals surface area contributed by atoms with Crippen LogP contribution in [-0.4, -0.2) is 11.7 Å². The molecule has 0 aliphatic heterocycles. The van der Waals surface area contributed by atoms with Gasteiger partial charge in [-0.25, -0.2) is 13.8 Å². The van der Waals surface area contributed by atoms with Crippen LogP contribution >= 0.6 is 39.1 Å². The Balaban J connectivity index is 2.56. The maximum atomic E-state index is 14.0. The summed E-state index contributed by atoms with van der Waals surface area (Å²) in [6.07, 6.45) is -4.92.